The highest BCUT2D eigenvalue weighted by Gasteiger charge is 2.12. The van der Waals surface area contributed by atoms with Crippen molar-refractivity contribution in [3.63, 3.8) is 0 Å². The van der Waals surface area contributed by atoms with Crippen molar-refractivity contribution in [3.8, 4) is 0 Å². The molecule has 0 bridgehead atoms. The Kier molecular flexibility index (Phi) is 5.35. The molecule has 6 nitrogen and oxygen atoms in total. The van der Waals surface area contributed by atoms with Crippen molar-refractivity contribution < 1.29 is 14.3 Å². The number of hydrogen-bond donors (Lipinski definition) is 1. The Hall–Kier alpha value is -1.69. The number of rotatable bonds is 6. The van der Waals surface area contributed by atoms with E-state index in [9.17, 15) is 4.79 Å². The third-order valence-electron chi connectivity index (χ3n) is 2.06. The molecule has 94 valence electrons. The molecule has 1 N–H and O–H groups in total. The summed E-state index contributed by atoms with van der Waals surface area (Å²) in [5.74, 6) is 0.0843. The van der Waals surface area contributed by atoms with E-state index < -0.39 is 5.97 Å². The molecular formula is C11H17N3O3. The predicted molar refractivity (Wildman–Crippen MR) is 63.1 cm³/mol. The summed E-state index contributed by atoms with van der Waals surface area (Å²) in [5.41, 5.74) is 0.988. The molecule has 0 saturated heterocycles. The Labute approximate surface area is 100 Å². The van der Waals surface area contributed by atoms with Crippen LogP contribution in [0.3, 0.4) is 0 Å². The molecule has 1 aromatic heterocycles. The molecule has 0 unspecified atom stereocenters. The zero-order valence-corrected chi connectivity index (χ0v) is 10.3. The lowest BCUT2D eigenvalue weighted by Gasteiger charge is -2.07. The molecule has 6 heteroatoms. The molecule has 0 aliphatic rings. The molecule has 0 fully saturated rings. The standard InChI is InChI=1S/C11H17N3O3/c1-4-17-10(15)9-7-13-11(14-8(9)2)12-5-6-16-3/h7H,4-6H2,1-3H3,(H,12,13,14). The van der Waals surface area contributed by atoms with E-state index in [1.807, 2.05) is 0 Å². The zero-order chi connectivity index (χ0) is 12.7. The van der Waals surface area contributed by atoms with Gasteiger partial charge in [0.1, 0.15) is 0 Å². The van der Waals surface area contributed by atoms with Crippen molar-refractivity contribution in [1.29, 1.82) is 0 Å². The molecule has 1 heterocycles. The lowest BCUT2D eigenvalue weighted by Crippen LogP contribution is -2.13. The Bertz CT molecular complexity index is 382. The van der Waals surface area contributed by atoms with Gasteiger partial charge in [-0.05, 0) is 13.8 Å². The van der Waals surface area contributed by atoms with Crippen LogP contribution in [0.4, 0.5) is 5.95 Å². The number of carbonyl (C=O) groups excluding carboxylic acids is 1. The Balaban J connectivity index is 2.68. The molecule has 0 aliphatic heterocycles. The fourth-order valence-corrected chi connectivity index (χ4v) is 1.23. The van der Waals surface area contributed by atoms with Crippen molar-refractivity contribution in [2.45, 2.75) is 13.8 Å². The lowest BCUT2D eigenvalue weighted by atomic mass is 10.2. The minimum atomic E-state index is -0.395. The van der Waals surface area contributed by atoms with Crippen LogP contribution in [-0.2, 0) is 9.47 Å². The number of nitrogens with zero attached hydrogens (tertiary/aromatic N) is 2. The smallest absolute Gasteiger partial charge is 0.341 e. The summed E-state index contributed by atoms with van der Waals surface area (Å²) in [6.45, 7) is 5.03. The summed E-state index contributed by atoms with van der Waals surface area (Å²) < 4.78 is 9.78. The average Bonchev–Trinajstić information content (AvgIpc) is 2.29. The maximum absolute atomic E-state index is 11.5. The van der Waals surface area contributed by atoms with Gasteiger partial charge in [-0.25, -0.2) is 14.8 Å². The topological polar surface area (TPSA) is 73.3 Å². The maximum Gasteiger partial charge on any atom is 0.341 e. The molecule has 0 amide bonds. The van der Waals surface area contributed by atoms with Crippen LogP contribution in [-0.4, -0.2) is 42.8 Å². The summed E-state index contributed by atoms with van der Waals surface area (Å²) in [6, 6.07) is 0. The van der Waals surface area contributed by atoms with Gasteiger partial charge in [-0.15, -0.1) is 0 Å². The van der Waals surface area contributed by atoms with E-state index in [2.05, 4.69) is 15.3 Å². The van der Waals surface area contributed by atoms with Crippen LogP contribution in [0, 0.1) is 6.92 Å². The van der Waals surface area contributed by atoms with Gasteiger partial charge in [-0.2, -0.15) is 0 Å². The summed E-state index contributed by atoms with van der Waals surface area (Å²) >= 11 is 0. The van der Waals surface area contributed by atoms with Gasteiger partial charge in [0.2, 0.25) is 5.95 Å². The maximum atomic E-state index is 11.5. The van der Waals surface area contributed by atoms with Crippen molar-refractivity contribution >= 4 is 11.9 Å². The van der Waals surface area contributed by atoms with E-state index in [1.54, 1.807) is 21.0 Å². The monoisotopic (exact) mass is 239 g/mol. The van der Waals surface area contributed by atoms with Crippen molar-refractivity contribution in [1.82, 2.24) is 9.97 Å². The first-order valence-electron chi connectivity index (χ1n) is 5.42. The number of nitrogens with one attached hydrogen (secondary N) is 1. The quantitative estimate of drug-likeness (QED) is 0.590. The highest BCUT2D eigenvalue weighted by molar-refractivity contribution is 5.90. The molecule has 0 spiro atoms. The van der Waals surface area contributed by atoms with Crippen molar-refractivity contribution in [2.75, 3.05) is 32.2 Å². The average molecular weight is 239 g/mol. The first-order chi connectivity index (χ1) is 8.19. The molecule has 0 atom stereocenters. The van der Waals surface area contributed by atoms with Gasteiger partial charge in [0, 0.05) is 19.9 Å². The van der Waals surface area contributed by atoms with Gasteiger partial charge in [-0.3, -0.25) is 0 Å². The molecule has 0 aliphatic carbocycles. The minimum Gasteiger partial charge on any atom is -0.462 e. The third kappa shape index (κ3) is 3.99. The molecule has 0 aromatic carbocycles. The minimum absolute atomic E-state index is 0.339. The number of ether oxygens (including phenoxy) is 2. The first kappa shape index (κ1) is 13.4. The van der Waals surface area contributed by atoms with Crippen LogP contribution in [0.25, 0.3) is 0 Å². The lowest BCUT2D eigenvalue weighted by molar-refractivity contribution is 0.0524. The van der Waals surface area contributed by atoms with Crippen LogP contribution in [0.5, 0.6) is 0 Å². The second kappa shape index (κ2) is 6.80. The van der Waals surface area contributed by atoms with Crippen molar-refractivity contribution in [3.05, 3.63) is 17.5 Å². The summed E-state index contributed by atoms with van der Waals surface area (Å²) in [5, 5.41) is 2.99. The Morgan fingerprint density at radius 2 is 2.29 bits per heavy atom. The molecule has 0 saturated carbocycles. The van der Waals surface area contributed by atoms with Gasteiger partial charge in [0.25, 0.3) is 0 Å². The predicted octanol–water partition coefficient (Wildman–Crippen LogP) is 1.02. The van der Waals surface area contributed by atoms with Gasteiger partial charge >= 0.3 is 5.97 Å². The second-order valence-electron chi connectivity index (χ2n) is 3.33. The second-order valence-corrected chi connectivity index (χ2v) is 3.33. The number of aryl methyl sites for hydroxylation is 1. The Morgan fingerprint density at radius 1 is 1.53 bits per heavy atom. The van der Waals surface area contributed by atoms with Gasteiger partial charge < -0.3 is 14.8 Å². The van der Waals surface area contributed by atoms with Gasteiger partial charge in [0.05, 0.1) is 24.5 Å². The highest BCUT2D eigenvalue weighted by Crippen LogP contribution is 2.08. The normalized spacial score (nSPS) is 10.1. The molecule has 1 aromatic rings. The van der Waals surface area contributed by atoms with E-state index in [0.717, 1.165) is 0 Å². The van der Waals surface area contributed by atoms with Crippen LogP contribution in [0.15, 0.2) is 6.20 Å². The van der Waals surface area contributed by atoms with Crippen molar-refractivity contribution in [2.24, 2.45) is 0 Å². The van der Waals surface area contributed by atoms with E-state index >= 15 is 0 Å². The summed E-state index contributed by atoms with van der Waals surface area (Å²) in [7, 11) is 1.62. The zero-order valence-electron chi connectivity index (χ0n) is 10.3. The van der Waals surface area contributed by atoms with Gasteiger partial charge in [0.15, 0.2) is 0 Å². The van der Waals surface area contributed by atoms with E-state index in [4.69, 9.17) is 9.47 Å². The van der Waals surface area contributed by atoms with Crippen LogP contribution < -0.4 is 5.32 Å². The summed E-state index contributed by atoms with van der Waals surface area (Å²) in [4.78, 5) is 19.7. The molecular weight excluding hydrogens is 222 g/mol. The van der Waals surface area contributed by atoms with Crippen LogP contribution in [0.1, 0.15) is 23.0 Å². The number of aromatic nitrogens is 2. The number of hydrogen-bond acceptors (Lipinski definition) is 6. The highest BCUT2D eigenvalue weighted by atomic mass is 16.5. The third-order valence-corrected chi connectivity index (χ3v) is 2.06. The van der Waals surface area contributed by atoms with Crippen LogP contribution in [0.2, 0.25) is 0 Å². The SMILES string of the molecule is CCOC(=O)c1cnc(NCCOC)nc1C. The fourth-order valence-electron chi connectivity index (χ4n) is 1.23. The Morgan fingerprint density at radius 3 is 2.88 bits per heavy atom. The molecule has 0 radical (unpaired) electrons. The van der Waals surface area contributed by atoms with Crippen LogP contribution >= 0.6 is 0 Å². The van der Waals surface area contributed by atoms with E-state index in [-0.39, 0.29) is 0 Å². The largest absolute Gasteiger partial charge is 0.462 e. The van der Waals surface area contributed by atoms with Gasteiger partial charge in [-0.1, -0.05) is 0 Å². The van der Waals surface area contributed by atoms with E-state index in [1.165, 1.54) is 6.20 Å². The summed E-state index contributed by atoms with van der Waals surface area (Å²) in [6.07, 6.45) is 1.47. The number of carbonyl (C=O) groups is 1. The molecule has 1 rings (SSSR count). The molecule has 17 heavy (non-hydrogen) atoms. The van der Waals surface area contributed by atoms with E-state index in [0.29, 0.717) is 37.0 Å². The number of anilines is 1. The number of methoxy groups -OCH3 is 1. The number of esters is 1. The fraction of sp³-hybridized carbons (Fsp3) is 0.545. The first-order valence-corrected chi connectivity index (χ1v) is 5.42.